The molecule has 0 radical (unpaired) electrons. The van der Waals surface area contributed by atoms with Crippen molar-refractivity contribution in [3.63, 3.8) is 0 Å². The van der Waals surface area contributed by atoms with Crippen molar-refractivity contribution < 1.29 is 0 Å². The van der Waals surface area contributed by atoms with Crippen molar-refractivity contribution in [3.8, 4) is 0 Å². The van der Waals surface area contributed by atoms with Crippen LogP contribution in [0.4, 0.5) is 5.82 Å². The second-order valence-electron chi connectivity index (χ2n) is 2.48. The molecule has 2 heterocycles. The van der Waals surface area contributed by atoms with E-state index in [2.05, 4.69) is 36.1 Å². The largest absolute Gasteiger partial charge is 0.362 e. The van der Waals surface area contributed by atoms with Crippen molar-refractivity contribution in [1.82, 2.24) is 8.75 Å². The third kappa shape index (κ3) is 2.25. The zero-order chi connectivity index (χ0) is 9.97. The SMILES string of the molecule is Clc1nsnc1NCc1ccsc1Br. The number of hydrogen-bond donors (Lipinski definition) is 1. The van der Waals surface area contributed by atoms with Crippen LogP contribution in [-0.4, -0.2) is 8.75 Å². The van der Waals surface area contributed by atoms with E-state index in [1.165, 1.54) is 5.56 Å². The lowest BCUT2D eigenvalue weighted by Crippen LogP contribution is -1.99. The lowest BCUT2D eigenvalue weighted by atomic mass is 10.3. The van der Waals surface area contributed by atoms with Crippen LogP contribution in [0.25, 0.3) is 0 Å². The molecule has 2 aromatic rings. The predicted octanol–water partition coefficient (Wildman–Crippen LogP) is 3.63. The number of nitrogens with zero attached hydrogens (tertiary/aromatic N) is 2. The maximum Gasteiger partial charge on any atom is 0.186 e. The summed E-state index contributed by atoms with van der Waals surface area (Å²) in [7, 11) is 0. The fraction of sp³-hybridized carbons (Fsp3) is 0.143. The normalized spacial score (nSPS) is 10.4. The highest BCUT2D eigenvalue weighted by molar-refractivity contribution is 9.11. The average molecular weight is 311 g/mol. The molecule has 2 rings (SSSR count). The summed E-state index contributed by atoms with van der Waals surface area (Å²) in [6.45, 7) is 0.704. The van der Waals surface area contributed by atoms with Gasteiger partial charge in [0.25, 0.3) is 0 Å². The summed E-state index contributed by atoms with van der Waals surface area (Å²) in [6.07, 6.45) is 0. The molecule has 0 aromatic carbocycles. The maximum absolute atomic E-state index is 5.78. The van der Waals surface area contributed by atoms with Crippen LogP contribution in [0.15, 0.2) is 15.2 Å². The van der Waals surface area contributed by atoms with Crippen LogP contribution in [0.1, 0.15) is 5.56 Å². The average Bonchev–Trinajstić information content (AvgIpc) is 2.72. The number of rotatable bonds is 3. The first-order valence-corrected chi connectivity index (χ1v) is 6.49. The fourth-order valence-electron chi connectivity index (χ4n) is 0.908. The molecule has 2 aromatic heterocycles. The summed E-state index contributed by atoms with van der Waals surface area (Å²) in [6, 6.07) is 2.05. The molecule has 0 unspecified atom stereocenters. The van der Waals surface area contributed by atoms with Gasteiger partial charge in [0, 0.05) is 6.54 Å². The monoisotopic (exact) mass is 309 g/mol. The van der Waals surface area contributed by atoms with E-state index in [0.717, 1.165) is 15.5 Å². The molecule has 0 aliphatic heterocycles. The zero-order valence-electron chi connectivity index (χ0n) is 6.83. The van der Waals surface area contributed by atoms with Gasteiger partial charge in [-0.1, -0.05) is 11.6 Å². The molecule has 0 aliphatic rings. The van der Waals surface area contributed by atoms with E-state index in [-0.39, 0.29) is 0 Å². The smallest absolute Gasteiger partial charge is 0.186 e. The Hall–Kier alpha value is -0.170. The first-order chi connectivity index (χ1) is 6.77. The van der Waals surface area contributed by atoms with Crippen molar-refractivity contribution in [3.05, 3.63) is 25.9 Å². The molecule has 1 N–H and O–H groups in total. The molecule has 0 spiro atoms. The van der Waals surface area contributed by atoms with Crippen molar-refractivity contribution in [2.24, 2.45) is 0 Å². The zero-order valence-corrected chi connectivity index (χ0v) is 10.8. The second-order valence-corrected chi connectivity index (χ2v) is 5.60. The molecular weight excluding hydrogens is 306 g/mol. The van der Waals surface area contributed by atoms with Gasteiger partial charge in [-0.25, -0.2) is 0 Å². The molecule has 0 atom stereocenters. The van der Waals surface area contributed by atoms with Gasteiger partial charge in [-0.15, -0.1) is 11.3 Å². The Bertz CT molecular complexity index is 388. The van der Waals surface area contributed by atoms with Crippen LogP contribution in [0.5, 0.6) is 0 Å². The minimum Gasteiger partial charge on any atom is -0.362 e. The number of thiophene rings is 1. The van der Waals surface area contributed by atoms with Crippen molar-refractivity contribution >= 4 is 56.4 Å². The summed E-state index contributed by atoms with van der Waals surface area (Å²) in [5.41, 5.74) is 1.19. The maximum atomic E-state index is 5.78. The lowest BCUT2D eigenvalue weighted by Gasteiger charge is -2.00. The van der Waals surface area contributed by atoms with Gasteiger partial charge < -0.3 is 5.32 Å². The molecule has 0 amide bonds. The molecule has 7 heteroatoms. The Balaban J connectivity index is 2.02. The Morgan fingerprint density at radius 3 is 2.93 bits per heavy atom. The minimum atomic E-state index is 0.432. The van der Waals surface area contributed by atoms with E-state index >= 15 is 0 Å². The van der Waals surface area contributed by atoms with Crippen LogP contribution in [0.2, 0.25) is 5.15 Å². The Morgan fingerprint density at radius 2 is 2.36 bits per heavy atom. The van der Waals surface area contributed by atoms with Crippen LogP contribution in [-0.2, 0) is 6.54 Å². The summed E-state index contributed by atoms with van der Waals surface area (Å²) in [5.74, 6) is 0.648. The first-order valence-electron chi connectivity index (χ1n) is 3.71. The Labute approximate surface area is 103 Å². The van der Waals surface area contributed by atoms with Crippen LogP contribution in [0, 0.1) is 0 Å². The predicted molar refractivity (Wildman–Crippen MR) is 64.3 cm³/mol. The van der Waals surface area contributed by atoms with E-state index in [0.29, 0.717) is 17.5 Å². The van der Waals surface area contributed by atoms with Crippen LogP contribution >= 0.6 is 50.6 Å². The number of anilines is 1. The molecule has 74 valence electrons. The summed E-state index contributed by atoms with van der Waals surface area (Å²) in [5, 5.41) is 5.58. The van der Waals surface area contributed by atoms with Gasteiger partial charge in [0.2, 0.25) is 0 Å². The van der Waals surface area contributed by atoms with Gasteiger partial charge in [0.1, 0.15) is 0 Å². The third-order valence-corrected chi connectivity index (χ3v) is 4.29. The van der Waals surface area contributed by atoms with Gasteiger partial charge in [0.05, 0.1) is 15.5 Å². The van der Waals surface area contributed by atoms with Gasteiger partial charge >= 0.3 is 0 Å². The van der Waals surface area contributed by atoms with Gasteiger partial charge in [-0.2, -0.15) is 8.75 Å². The van der Waals surface area contributed by atoms with Crippen LogP contribution in [0.3, 0.4) is 0 Å². The van der Waals surface area contributed by atoms with E-state index in [1.807, 2.05) is 5.38 Å². The van der Waals surface area contributed by atoms with E-state index < -0.39 is 0 Å². The van der Waals surface area contributed by atoms with Crippen molar-refractivity contribution in [1.29, 1.82) is 0 Å². The van der Waals surface area contributed by atoms with Crippen molar-refractivity contribution in [2.45, 2.75) is 6.54 Å². The van der Waals surface area contributed by atoms with Gasteiger partial charge in [-0.3, -0.25) is 0 Å². The highest BCUT2D eigenvalue weighted by atomic mass is 79.9. The minimum absolute atomic E-state index is 0.432. The molecule has 3 nitrogen and oxygen atoms in total. The lowest BCUT2D eigenvalue weighted by molar-refractivity contribution is 1.14. The highest BCUT2D eigenvalue weighted by Gasteiger charge is 2.06. The standard InChI is InChI=1S/C7H5BrClN3S2/c8-5-4(1-2-13-5)3-10-7-6(9)11-14-12-7/h1-2H,3H2,(H,10,12). The highest BCUT2D eigenvalue weighted by Crippen LogP contribution is 2.25. The summed E-state index contributed by atoms with van der Waals surface area (Å²) >= 11 is 12.0. The molecule has 0 aliphatic carbocycles. The molecule has 0 saturated heterocycles. The number of halogens is 2. The van der Waals surface area contributed by atoms with Gasteiger partial charge in [-0.05, 0) is 32.9 Å². The topological polar surface area (TPSA) is 37.8 Å². The quantitative estimate of drug-likeness (QED) is 0.941. The molecule has 14 heavy (non-hydrogen) atoms. The molecular formula is C7H5BrClN3S2. The fourth-order valence-corrected chi connectivity index (χ4v) is 2.83. The first kappa shape index (κ1) is 10.4. The molecule has 0 fully saturated rings. The van der Waals surface area contributed by atoms with E-state index in [4.69, 9.17) is 11.6 Å². The van der Waals surface area contributed by atoms with Crippen molar-refractivity contribution in [2.75, 3.05) is 5.32 Å². The Kier molecular flexibility index (Phi) is 3.38. The van der Waals surface area contributed by atoms with Crippen LogP contribution < -0.4 is 5.32 Å². The second kappa shape index (κ2) is 4.57. The third-order valence-electron chi connectivity index (χ3n) is 1.59. The summed E-state index contributed by atoms with van der Waals surface area (Å²) in [4.78, 5) is 0. The van der Waals surface area contributed by atoms with E-state index in [1.54, 1.807) is 11.3 Å². The molecule has 0 bridgehead atoms. The molecule has 0 saturated carbocycles. The van der Waals surface area contributed by atoms with E-state index in [9.17, 15) is 0 Å². The number of hydrogen-bond acceptors (Lipinski definition) is 5. The Morgan fingerprint density at radius 1 is 1.50 bits per heavy atom. The number of aromatic nitrogens is 2. The summed E-state index contributed by atoms with van der Waals surface area (Å²) < 4.78 is 9.01. The van der Waals surface area contributed by atoms with Gasteiger partial charge in [0.15, 0.2) is 11.0 Å². The number of nitrogens with one attached hydrogen (secondary N) is 1.